The molecule has 0 bridgehead atoms. The van der Waals surface area contributed by atoms with E-state index in [0.717, 1.165) is 45.9 Å². The molecule has 0 aliphatic heterocycles. The maximum atomic E-state index is 12.9. The van der Waals surface area contributed by atoms with Crippen molar-refractivity contribution in [3.8, 4) is 11.1 Å². The summed E-state index contributed by atoms with van der Waals surface area (Å²) in [5, 5.41) is 15.7. The topological polar surface area (TPSA) is 113 Å². The molecule has 186 valence electrons. The molecule has 0 unspecified atom stereocenters. The van der Waals surface area contributed by atoms with E-state index in [0.29, 0.717) is 36.1 Å². The molecular formula is C29H28NO6-. The van der Waals surface area contributed by atoms with Crippen molar-refractivity contribution in [2.24, 2.45) is 11.8 Å². The average Bonchev–Trinajstić information content (AvgIpc) is 3.31. The van der Waals surface area contributed by atoms with Gasteiger partial charge in [0.25, 0.3) is 0 Å². The largest absolute Gasteiger partial charge is 0.550 e. The summed E-state index contributed by atoms with van der Waals surface area (Å²) in [6, 6.07) is 11.9. The first-order valence-electron chi connectivity index (χ1n) is 12.3. The van der Waals surface area contributed by atoms with Crippen LogP contribution in [0.4, 0.5) is 0 Å². The molecule has 2 heterocycles. The quantitative estimate of drug-likeness (QED) is 0.412. The lowest BCUT2D eigenvalue weighted by Gasteiger charge is -2.29. The minimum Gasteiger partial charge on any atom is -0.550 e. The van der Waals surface area contributed by atoms with Crippen molar-refractivity contribution < 1.29 is 23.5 Å². The summed E-state index contributed by atoms with van der Waals surface area (Å²) in [5.41, 5.74) is 4.39. The van der Waals surface area contributed by atoms with Gasteiger partial charge in [-0.05, 0) is 68.6 Å². The van der Waals surface area contributed by atoms with Crippen molar-refractivity contribution in [3.63, 3.8) is 0 Å². The highest BCUT2D eigenvalue weighted by molar-refractivity contribution is 6.05. The predicted octanol–water partition coefficient (Wildman–Crippen LogP) is 4.04. The highest BCUT2D eigenvalue weighted by atomic mass is 16.4. The van der Waals surface area contributed by atoms with Gasteiger partial charge in [0.05, 0.1) is 18.2 Å². The van der Waals surface area contributed by atoms with E-state index < -0.39 is 17.5 Å². The van der Waals surface area contributed by atoms with Gasteiger partial charge in [0.1, 0.15) is 11.2 Å². The summed E-state index contributed by atoms with van der Waals surface area (Å²) in [6.07, 6.45) is 4.26. The summed E-state index contributed by atoms with van der Waals surface area (Å²) in [4.78, 5) is 36.6. The molecule has 2 aromatic heterocycles. The lowest BCUT2D eigenvalue weighted by atomic mass is 9.82. The second-order valence-electron chi connectivity index (χ2n) is 9.78. The van der Waals surface area contributed by atoms with E-state index in [1.54, 1.807) is 6.26 Å². The van der Waals surface area contributed by atoms with Crippen molar-refractivity contribution >= 4 is 33.8 Å². The summed E-state index contributed by atoms with van der Waals surface area (Å²) in [5.74, 6) is -1.41. The van der Waals surface area contributed by atoms with Gasteiger partial charge in [0, 0.05) is 34.4 Å². The van der Waals surface area contributed by atoms with Gasteiger partial charge >= 0.3 is 5.63 Å². The Hall–Kier alpha value is -3.87. The van der Waals surface area contributed by atoms with E-state index in [4.69, 9.17) is 8.83 Å². The molecule has 7 heteroatoms. The van der Waals surface area contributed by atoms with Crippen molar-refractivity contribution in [2.75, 3.05) is 6.54 Å². The molecule has 0 radical (unpaired) electrons. The van der Waals surface area contributed by atoms with Gasteiger partial charge < -0.3 is 24.1 Å². The van der Waals surface area contributed by atoms with Crippen LogP contribution in [0, 0.1) is 25.7 Å². The van der Waals surface area contributed by atoms with Crippen LogP contribution in [0.2, 0.25) is 0 Å². The van der Waals surface area contributed by atoms with Crippen molar-refractivity contribution in [3.05, 3.63) is 69.8 Å². The van der Waals surface area contributed by atoms with Crippen molar-refractivity contribution in [2.45, 2.75) is 46.0 Å². The average molecular weight is 487 g/mol. The van der Waals surface area contributed by atoms with Crippen LogP contribution in [-0.2, 0) is 16.0 Å². The van der Waals surface area contributed by atoms with Crippen LogP contribution in [0.1, 0.15) is 42.4 Å². The monoisotopic (exact) mass is 486 g/mol. The van der Waals surface area contributed by atoms with Crippen LogP contribution in [-0.4, -0.2) is 18.4 Å². The molecule has 5 rings (SSSR count). The number of fused-ring (bicyclic) bond motifs is 2. The molecule has 0 atom stereocenters. The van der Waals surface area contributed by atoms with Gasteiger partial charge in [-0.1, -0.05) is 30.3 Å². The first-order valence-corrected chi connectivity index (χ1v) is 12.3. The van der Waals surface area contributed by atoms with Crippen LogP contribution in [0.5, 0.6) is 0 Å². The first-order chi connectivity index (χ1) is 17.3. The number of furan rings is 1. The molecule has 4 aromatic rings. The zero-order valence-electron chi connectivity index (χ0n) is 20.4. The van der Waals surface area contributed by atoms with E-state index in [2.05, 4.69) is 5.32 Å². The highest BCUT2D eigenvalue weighted by Gasteiger charge is 2.23. The van der Waals surface area contributed by atoms with Crippen molar-refractivity contribution in [1.29, 1.82) is 0 Å². The fourth-order valence-electron chi connectivity index (χ4n) is 5.33. The van der Waals surface area contributed by atoms with E-state index in [1.165, 1.54) is 0 Å². The Morgan fingerprint density at radius 3 is 2.42 bits per heavy atom. The number of carbonyl (C=O) groups is 2. The Morgan fingerprint density at radius 2 is 1.72 bits per heavy atom. The number of carboxylic acid groups (broad SMARTS) is 1. The molecule has 1 saturated carbocycles. The number of amides is 1. The predicted molar refractivity (Wildman–Crippen MR) is 134 cm³/mol. The van der Waals surface area contributed by atoms with Crippen molar-refractivity contribution in [1.82, 2.24) is 5.32 Å². The standard InChI is InChI=1S/C29H29NO6/c1-16-21-12-23-24(19-6-4-3-5-7-19)15-35-26(23)17(2)27(21)36-29(34)22(16)13-25(31)30-14-18-8-10-20(11-9-18)28(32)33/h3-7,12,15,18,20H,8-11,13-14H2,1-2H3,(H,30,31)(H,32,33)/p-1. The smallest absolute Gasteiger partial charge is 0.340 e. The van der Waals surface area contributed by atoms with E-state index in [1.807, 2.05) is 50.2 Å². The molecule has 36 heavy (non-hydrogen) atoms. The van der Waals surface area contributed by atoms with E-state index >= 15 is 0 Å². The number of aliphatic carboxylic acids is 1. The Morgan fingerprint density at radius 1 is 1.00 bits per heavy atom. The number of rotatable bonds is 6. The number of hydrogen-bond acceptors (Lipinski definition) is 6. The Bertz CT molecular complexity index is 1510. The third-order valence-corrected chi connectivity index (χ3v) is 7.53. The van der Waals surface area contributed by atoms with Gasteiger partial charge in [0.2, 0.25) is 5.91 Å². The van der Waals surface area contributed by atoms with Gasteiger partial charge in [-0.3, -0.25) is 4.79 Å². The zero-order chi connectivity index (χ0) is 25.4. The molecule has 7 nitrogen and oxygen atoms in total. The maximum absolute atomic E-state index is 12.9. The molecule has 1 N–H and O–H groups in total. The van der Waals surface area contributed by atoms with E-state index in [9.17, 15) is 19.5 Å². The van der Waals surface area contributed by atoms with Crippen LogP contribution in [0.3, 0.4) is 0 Å². The third kappa shape index (κ3) is 4.41. The van der Waals surface area contributed by atoms with Crippen LogP contribution < -0.4 is 16.0 Å². The molecule has 1 fully saturated rings. The van der Waals surface area contributed by atoms with Gasteiger partial charge in [-0.25, -0.2) is 4.79 Å². The number of nitrogens with one attached hydrogen (secondary N) is 1. The molecule has 0 saturated heterocycles. The lowest BCUT2D eigenvalue weighted by molar-refractivity contribution is -0.312. The normalized spacial score (nSPS) is 17.9. The number of carboxylic acids is 1. The maximum Gasteiger partial charge on any atom is 0.340 e. The summed E-state index contributed by atoms with van der Waals surface area (Å²) < 4.78 is 11.6. The van der Waals surface area contributed by atoms with Gasteiger partial charge in [-0.15, -0.1) is 0 Å². The zero-order valence-corrected chi connectivity index (χ0v) is 20.4. The molecule has 1 amide bonds. The van der Waals surface area contributed by atoms with E-state index in [-0.39, 0.29) is 18.2 Å². The van der Waals surface area contributed by atoms with Gasteiger partial charge in [0.15, 0.2) is 0 Å². The summed E-state index contributed by atoms with van der Waals surface area (Å²) in [6.45, 7) is 4.18. The molecule has 2 aromatic carbocycles. The molecule has 0 spiro atoms. The minimum atomic E-state index is -0.991. The molecular weight excluding hydrogens is 458 g/mol. The van der Waals surface area contributed by atoms with Gasteiger partial charge in [-0.2, -0.15) is 0 Å². The number of hydrogen-bond donors (Lipinski definition) is 1. The summed E-state index contributed by atoms with van der Waals surface area (Å²) in [7, 11) is 0. The fraction of sp³-hybridized carbons (Fsp3) is 0.345. The third-order valence-electron chi connectivity index (χ3n) is 7.53. The minimum absolute atomic E-state index is 0.0769. The lowest BCUT2D eigenvalue weighted by Crippen LogP contribution is -2.37. The molecule has 1 aliphatic rings. The SMILES string of the molecule is Cc1c(CC(=O)NCC2CCC(C(=O)[O-])CC2)c(=O)oc2c(C)c3occ(-c4ccccc4)c3cc12. The first kappa shape index (κ1) is 23.9. The number of aryl methyl sites for hydroxylation is 2. The highest BCUT2D eigenvalue weighted by Crippen LogP contribution is 2.37. The number of benzene rings is 2. The number of carbonyl (C=O) groups excluding carboxylic acids is 2. The second-order valence-corrected chi connectivity index (χ2v) is 9.78. The van der Waals surface area contributed by atoms with Crippen LogP contribution in [0.15, 0.2) is 56.3 Å². The van der Waals surface area contributed by atoms with Crippen LogP contribution in [0.25, 0.3) is 33.1 Å². The summed E-state index contributed by atoms with van der Waals surface area (Å²) >= 11 is 0. The fourth-order valence-corrected chi connectivity index (χ4v) is 5.33. The van der Waals surface area contributed by atoms with Crippen LogP contribution >= 0.6 is 0 Å². The second kappa shape index (κ2) is 9.64. The molecule has 1 aliphatic carbocycles. The Labute approximate surface area is 208 Å². The Kier molecular flexibility index (Phi) is 6.39. The Balaban J connectivity index is 1.40.